The molecule has 1 aliphatic rings. The molecule has 1 aromatic heterocycles. The van der Waals surface area contributed by atoms with Crippen LogP contribution < -0.4 is 5.32 Å². The number of allylic oxidation sites excluding steroid dienone is 5. The average molecular weight is 748 g/mol. The number of rotatable bonds is 11. The van der Waals surface area contributed by atoms with Crippen LogP contribution in [-0.2, 0) is 18.5 Å². The maximum Gasteiger partial charge on any atom is 0.410 e. The molecule has 0 aromatic carbocycles. The minimum Gasteiger partial charge on any atom is -0.469 e. The summed E-state index contributed by atoms with van der Waals surface area (Å²) >= 11 is 3.47. The van der Waals surface area contributed by atoms with E-state index in [9.17, 15) is 9.59 Å². The molecule has 0 spiro atoms. The zero-order valence-electron chi connectivity index (χ0n) is 27.6. The number of methoxy groups -OCH3 is 1. The van der Waals surface area contributed by atoms with Gasteiger partial charge in [-0.1, -0.05) is 38.1 Å². The SMILES string of the molecule is CC.CC1=C=CC=C(CCCN(C[C@H](OSSI)c2ccc(NC(C)(C)C)nc2)C(=O)OC(C)(C)C)C=C1.COC(C)=O. The molecule has 1 N–H and O–H groups in total. The molecule has 1 atom stereocenters. The van der Waals surface area contributed by atoms with Crippen LogP contribution in [0.2, 0.25) is 0 Å². The summed E-state index contributed by atoms with van der Waals surface area (Å²) in [5.41, 5.74) is 5.75. The molecule has 0 saturated carbocycles. The second kappa shape index (κ2) is 21.7. The Kier molecular flexibility index (Phi) is 20.8. The smallest absolute Gasteiger partial charge is 0.410 e. The third-order valence-corrected chi connectivity index (χ3v) is 7.29. The van der Waals surface area contributed by atoms with Crippen molar-refractivity contribution in [1.29, 1.82) is 0 Å². The fraction of sp³-hybridized carbons (Fsp3) is 0.562. The van der Waals surface area contributed by atoms with Gasteiger partial charge in [-0.05, 0) is 84.6 Å². The minimum absolute atomic E-state index is 0.0852. The van der Waals surface area contributed by atoms with Crippen LogP contribution in [0.1, 0.15) is 93.7 Å². The molecule has 1 heterocycles. The Morgan fingerprint density at radius 3 is 2.30 bits per heavy atom. The number of hydrogen-bond acceptors (Lipinski definition) is 9. The van der Waals surface area contributed by atoms with E-state index in [1.54, 1.807) is 4.90 Å². The summed E-state index contributed by atoms with van der Waals surface area (Å²) in [4.78, 5) is 29.1. The maximum absolute atomic E-state index is 13.2. The zero-order valence-corrected chi connectivity index (χ0v) is 31.4. The van der Waals surface area contributed by atoms with Gasteiger partial charge in [-0.3, -0.25) is 8.98 Å². The molecule has 0 fully saturated rings. The number of carbonyl (C=O) groups excluding carboxylic acids is 2. The van der Waals surface area contributed by atoms with Gasteiger partial charge in [0.15, 0.2) is 0 Å². The molecule has 0 radical (unpaired) electrons. The summed E-state index contributed by atoms with van der Waals surface area (Å²) in [6, 6.07) is 3.95. The number of pyridine rings is 1. The highest BCUT2D eigenvalue weighted by Gasteiger charge is 2.26. The Morgan fingerprint density at radius 2 is 1.79 bits per heavy atom. The van der Waals surface area contributed by atoms with Crippen LogP contribution in [0.3, 0.4) is 0 Å². The van der Waals surface area contributed by atoms with E-state index in [1.165, 1.54) is 38.6 Å². The van der Waals surface area contributed by atoms with Crippen molar-refractivity contribution < 1.29 is 23.2 Å². The van der Waals surface area contributed by atoms with Gasteiger partial charge in [-0.2, -0.15) is 0 Å². The van der Waals surface area contributed by atoms with E-state index in [1.807, 2.05) is 65.9 Å². The Hall–Kier alpha value is -1.92. The van der Waals surface area contributed by atoms with Crippen molar-refractivity contribution in [3.63, 3.8) is 0 Å². The van der Waals surface area contributed by atoms with Crippen LogP contribution in [0, 0.1) is 0 Å². The van der Waals surface area contributed by atoms with Crippen LogP contribution in [0.15, 0.2) is 59.5 Å². The number of aromatic nitrogens is 1. The Balaban J connectivity index is 0.00000227. The monoisotopic (exact) mass is 747 g/mol. The van der Waals surface area contributed by atoms with E-state index in [-0.39, 0.29) is 23.7 Å². The van der Waals surface area contributed by atoms with Crippen molar-refractivity contribution in [1.82, 2.24) is 9.88 Å². The van der Waals surface area contributed by atoms with Crippen LogP contribution in [0.4, 0.5) is 10.6 Å². The van der Waals surface area contributed by atoms with Crippen molar-refractivity contribution in [2.45, 2.75) is 99.3 Å². The number of nitrogens with one attached hydrogen (secondary N) is 1. The summed E-state index contributed by atoms with van der Waals surface area (Å²) in [6.07, 6.45) is 11.0. The lowest BCUT2D eigenvalue weighted by atomic mass is 10.1. The first kappa shape index (κ1) is 41.1. The lowest BCUT2D eigenvalue weighted by Crippen LogP contribution is -2.40. The predicted octanol–water partition coefficient (Wildman–Crippen LogP) is 9.82. The molecule has 242 valence electrons. The van der Waals surface area contributed by atoms with Gasteiger partial charge in [0, 0.05) is 59.9 Å². The van der Waals surface area contributed by atoms with E-state index in [0.717, 1.165) is 29.8 Å². The summed E-state index contributed by atoms with van der Waals surface area (Å²) in [5, 5.41) is 3.38. The molecule has 1 aromatic rings. The standard InChI is InChI=1S/C27H38IN3O3S2.C3H6O2.C2H6/c1-20-10-8-11-21(14-13-20)12-9-17-31(25(32)33-27(5,6)7)19-23(34-36-35-28)22-15-16-24(29-18-22)30-26(2,3)4;1-3(4)5-2;1-2/h8,11,13-16,18,23H,9,12,17,19H2,1-7H3,(H,29,30);1-2H3;1-2H3/t23-;;/m0../s1. The quantitative estimate of drug-likeness (QED) is 0.0782. The van der Waals surface area contributed by atoms with Crippen LogP contribution >= 0.6 is 40.2 Å². The molecular weight excluding hydrogens is 697 g/mol. The maximum atomic E-state index is 13.2. The Labute approximate surface area is 279 Å². The molecule has 0 aliphatic heterocycles. The van der Waals surface area contributed by atoms with Crippen molar-refractivity contribution in [2.75, 3.05) is 25.5 Å². The molecule has 0 bridgehead atoms. The molecule has 1 amide bonds. The van der Waals surface area contributed by atoms with Crippen LogP contribution in [-0.4, -0.2) is 53.3 Å². The second-order valence-corrected chi connectivity index (χ2v) is 15.8. The molecule has 2 rings (SSSR count). The summed E-state index contributed by atoms with van der Waals surface area (Å²) in [5.74, 6) is 0.554. The normalized spacial score (nSPS) is 13.1. The summed E-state index contributed by atoms with van der Waals surface area (Å²) in [7, 11) is 2.84. The van der Waals surface area contributed by atoms with Crippen LogP contribution in [0.25, 0.3) is 0 Å². The van der Waals surface area contributed by atoms with Crippen molar-refractivity contribution in [3.05, 3.63) is 65.1 Å². The van der Waals surface area contributed by atoms with Crippen molar-refractivity contribution in [3.8, 4) is 0 Å². The molecule has 1 aliphatic carbocycles. The van der Waals surface area contributed by atoms with Gasteiger partial charge in [-0.25, -0.2) is 9.78 Å². The third kappa shape index (κ3) is 20.6. The first-order valence-corrected chi connectivity index (χ1v) is 18.9. The minimum atomic E-state index is -0.582. The number of halogens is 1. The molecule has 0 unspecified atom stereocenters. The van der Waals surface area contributed by atoms with Gasteiger partial charge >= 0.3 is 12.1 Å². The van der Waals surface area contributed by atoms with Crippen LogP contribution in [0.5, 0.6) is 0 Å². The van der Waals surface area contributed by atoms with E-state index in [4.69, 9.17) is 8.92 Å². The lowest BCUT2D eigenvalue weighted by molar-refractivity contribution is -0.137. The molecule has 8 nitrogen and oxygen atoms in total. The van der Waals surface area contributed by atoms with Gasteiger partial charge in [0.2, 0.25) is 0 Å². The van der Waals surface area contributed by atoms with E-state index in [2.05, 4.69) is 81.0 Å². The number of carbonyl (C=O) groups is 2. The van der Waals surface area contributed by atoms with Gasteiger partial charge in [0.05, 0.1) is 24.7 Å². The largest absolute Gasteiger partial charge is 0.469 e. The van der Waals surface area contributed by atoms with E-state index < -0.39 is 5.60 Å². The average Bonchev–Trinajstić information content (AvgIpc) is 3.14. The van der Waals surface area contributed by atoms with Crippen molar-refractivity contribution >= 4 is 58.1 Å². The number of esters is 1. The molecule has 43 heavy (non-hydrogen) atoms. The number of nitrogens with zero attached hydrogens (tertiary/aromatic N) is 2. The van der Waals surface area contributed by atoms with Gasteiger partial charge in [0.1, 0.15) is 17.5 Å². The first-order chi connectivity index (χ1) is 20.1. The number of amides is 1. The zero-order chi connectivity index (χ0) is 33.1. The van der Waals surface area contributed by atoms with Gasteiger partial charge < -0.3 is 19.7 Å². The number of ether oxygens (including phenoxy) is 2. The highest BCUT2D eigenvalue weighted by atomic mass is 127. The fourth-order valence-corrected chi connectivity index (χ4v) is 4.78. The second-order valence-electron chi connectivity index (χ2n) is 11.4. The number of anilines is 1. The summed E-state index contributed by atoms with van der Waals surface area (Å²) in [6.45, 7) is 20.2. The number of hydrogen-bond donors (Lipinski definition) is 1. The summed E-state index contributed by atoms with van der Waals surface area (Å²) < 4.78 is 15.9. The Bertz CT molecular complexity index is 1100. The van der Waals surface area contributed by atoms with E-state index >= 15 is 0 Å². The Morgan fingerprint density at radius 1 is 1.14 bits per heavy atom. The van der Waals surface area contributed by atoms with Crippen molar-refractivity contribution in [2.24, 2.45) is 0 Å². The fourth-order valence-electron chi connectivity index (χ4n) is 3.35. The molecular formula is C32H50IN3O5S2. The van der Waals surface area contributed by atoms with Gasteiger partial charge in [0.25, 0.3) is 0 Å². The lowest BCUT2D eigenvalue weighted by Gasteiger charge is -2.30. The third-order valence-electron chi connectivity index (χ3n) is 5.22. The van der Waals surface area contributed by atoms with Gasteiger partial charge in [-0.15, -0.1) is 5.73 Å². The molecule has 11 heteroatoms. The van der Waals surface area contributed by atoms with E-state index in [0.29, 0.717) is 13.1 Å². The molecule has 0 saturated heterocycles. The predicted molar refractivity (Wildman–Crippen MR) is 191 cm³/mol. The topological polar surface area (TPSA) is 90.0 Å². The first-order valence-electron chi connectivity index (χ1n) is 14.3. The highest BCUT2D eigenvalue weighted by Crippen LogP contribution is 2.36. The highest BCUT2D eigenvalue weighted by molar-refractivity contribution is 14.2.